The number of nitrogens with one attached hydrogen (secondary N) is 1. The summed E-state index contributed by atoms with van der Waals surface area (Å²) in [4.78, 5) is 50.5. The maximum Gasteiger partial charge on any atom is 0.339 e. The minimum atomic E-state index is -0.635. The lowest BCUT2D eigenvalue weighted by Crippen LogP contribution is -2.41. The first kappa shape index (κ1) is 20.4. The summed E-state index contributed by atoms with van der Waals surface area (Å²) in [5.74, 6) is -0.687. The molecule has 0 unspecified atom stereocenters. The first-order valence-corrected chi connectivity index (χ1v) is 10.1. The smallest absolute Gasteiger partial charge is 0.339 e. The molecule has 0 saturated carbocycles. The fourth-order valence-electron chi connectivity index (χ4n) is 3.20. The van der Waals surface area contributed by atoms with Gasteiger partial charge in [-0.25, -0.2) is 9.59 Å². The fourth-order valence-corrected chi connectivity index (χ4v) is 4.04. The van der Waals surface area contributed by atoms with Crippen LogP contribution in [0.4, 0.5) is 5.69 Å². The number of amides is 1. The van der Waals surface area contributed by atoms with E-state index in [2.05, 4.69) is 5.32 Å². The van der Waals surface area contributed by atoms with Gasteiger partial charge in [-0.1, -0.05) is 12.1 Å². The SMILES string of the molecule is COC(=O)c1ccccc1NC(=O)Cn1c(=O)n(Cc2ccco2)c(=O)c2sccc21. The van der Waals surface area contributed by atoms with Crippen LogP contribution in [0.5, 0.6) is 0 Å². The molecule has 158 valence electrons. The Balaban J connectivity index is 1.70. The lowest BCUT2D eigenvalue weighted by molar-refractivity contribution is -0.116. The lowest BCUT2D eigenvalue weighted by Gasteiger charge is -2.13. The number of carbonyl (C=O) groups is 2. The molecule has 0 spiro atoms. The summed E-state index contributed by atoms with van der Waals surface area (Å²) in [7, 11) is 1.25. The maximum atomic E-state index is 13.1. The zero-order valence-corrected chi connectivity index (χ0v) is 17.2. The average Bonchev–Trinajstić information content (AvgIpc) is 3.46. The molecule has 0 fully saturated rings. The zero-order chi connectivity index (χ0) is 22.0. The Kier molecular flexibility index (Phi) is 5.54. The highest BCUT2D eigenvalue weighted by Crippen LogP contribution is 2.18. The van der Waals surface area contributed by atoms with Gasteiger partial charge >= 0.3 is 11.7 Å². The largest absolute Gasteiger partial charge is 0.467 e. The minimum Gasteiger partial charge on any atom is -0.467 e. The van der Waals surface area contributed by atoms with Gasteiger partial charge in [0.2, 0.25) is 5.91 Å². The molecule has 0 aliphatic rings. The number of rotatable bonds is 6. The van der Waals surface area contributed by atoms with Crippen LogP contribution in [0, 0.1) is 0 Å². The molecule has 31 heavy (non-hydrogen) atoms. The molecule has 0 atom stereocenters. The number of hydrogen-bond donors (Lipinski definition) is 1. The Morgan fingerprint density at radius 2 is 1.90 bits per heavy atom. The Labute approximate surface area is 179 Å². The van der Waals surface area contributed by atoms with Crippen molar-refractivity contribution in [2.45, 2.75) is 13.1 Å². The van der Waals surface area contributed by atoms with Crippen LogP contribution < -0.4 is 16.6 Å². The highest BCUT2D eigenvalue weighted by Gasteiger charge is 2.19. The Morgan fingerprint density at radius 1 is 1.10 bits per heavy atom. The van der Waals surface area contributed by atoms with Crippen LogP contribution in [0.15, 0.2) is 68.1 Å². The Bertz CT molecular complexity index is 1380. The molecular formula is C21H17N3O6S. The van der Waals surface area contributed by atoms with Gasteiger partial charge in [0.05, 0.1) is 36.7 Å². The number of benzene rings is 1. The average molecular weight is 439 g/mol. The molecule has 9 nitrogen and oxygen atoms in total. The van der Waals surface area contributed by atoms with Gasteiger partial charge < -0.3 is 14.5 Å². The van der Waals surface area contributed by atoms with E-state index in [0.29, 0.717) is 16.0 Å². The van der Waals surface area contributed by atoms with Crippen molar-refractivity contribution >= 4 is 39.1 Å². The van der Waals surface area contributed by atoms with E-state index in [1.54, 1.807) is 41.8 Å². The molecule has 4 rings (SSSR count). The van der Waals surface area contributed by atoms with Crippen LogP contribution >= 0.6 is 11.3 Å². The quantitative estimate of drug-likeness (QED) is 0.461. The highest BCUT2D eigenvalue weighted by atomic mass is 32.1. The van der Waals surface area contributed by atoms with Crippen molar-refractivity contribution in [3.8, 4) is 0 Å². The normalized spacial score (nSPS) is 10.9. The fraction of sp³-hybridized carbons (Fsp3) is 0.143. The zero-order valence-electron chi connectivity index (χ0n) is 16.4. The van der Waals surface area contributed by atoms with E-state index in [1.165, 1.54) is 35.3 Å². The van der Waals surface area contributed by atoms with Gasteiger partial charge in [0, 0.05) is 0 Å². The lowest BCUT2D eigenvalue weighted by atomic mass is 10.2. The number of thiophene rings is 1. The second-order valence-electron chi connectivity index (χ2n) is 6.56. The van der Waals surface area contributed by atoms with Gasteiger partial charge in [0.25, 0.3) is 5.56 Å². The van der Waals surface area contributed by atoms with Crippen LogP contribution in [0.2, 0.25) is 0 Å². The number of anilines is 1. The van der Waals surface area contributed by atoms with Gasteiger partial charge in [-0.15, -0.1) is 11.3 Å². The van der Waals surface area contributed by atoms with E-state index in [9.17, 15) is 19.2 Å². The third-order valence-corrected chi connectivity index (χ3v) is 5.53. The monoisotopic (exact) mass is 439 g/mol. The van der Waals surface area contributed by atoms with E-state index in [0.717, 1.165) is 4.57 Å². The van der Waals surface area contributed by atoms with Crippen LogP contribution in [0.1, 0.15) is 16.1 Å². The number of methoxy groups -OCH3 is 1. The maximum absolute atomic E-state index is 13.1. The van der Waals surface area contributed by atoms with Crippen molar-refractivity contribution in [1.29, 1.82) is 0 Å². The number of esters is 1. The molecule has 0 radical (unpaired) electrons. The predicted octanol–water partition coefficient (Wildman–Crippen LogP) is 2.29. The molecule has 0 bridgehead atoms. The number of carbonyl (C=O) groups excluding carboxylic acids is 2. The number of hydrogen-bond acceptors (Lipinski definition) is 7. The summed E-state index contributed by atoms with van der Waals surface area (Å²) in [6.07, 6.45) is 1.45. The van der Waals surface area contributed by atoms with E-state index in [-0.39, 0.29) is 24.3 Å². The molecule has 10 heteroatoms. The number of para-hydroxylation sites is 1. The number of furan rings is 1. The Hall–Kier alpha value is -3.92. The molecule has 1 aromatic carbocycles. The molecule has 3 heterocycles. The van der Waals surface area contributed by atoms with E-state index in [1.807, 2.05) is 0 Å². The summed E-state index contributed by atoms with van der Waals surface area (Å²) in [6, 6.07) is 11.3. The van der Waals surface area contributed by atoms with Crippen LogP contribution in [-0.2, 0) is 22.6 Å². The van der Waals surface area contributed by atoms with Gasteiger partial charge in [-0.2, -0.15) is 0 Å². The molecule has 1 amide bonds. The first-order chi connectivity index (χ1) is 15.0. The third-order valence-electron chi connectivity index (χ3n) is 4.64. The molecule has 1 N–H and O–H groups in total. The summed E-state index contributed by atoms with van der Waals surface area (Å²) in [6.45, 7) is -0.398. The minimum absolute atomic E-state index is 0.0503. The number of nitrogens with zero attached hydrogens (tertiary/aromatic N) is 2. The molecular weight excluding hydrogens is 422 g/mol. The number of aromatic nitrogens is 2. The molecule has 0 aliphatic heterocycles. The number of fused-ring (bicyclic) bond motifs is 1. The van der Waals surface area contributed by atoms with Crippen molar-refractivity contribution in [2.24, 2.45) is 0 Å². The van der Waals surface area contributed by atoms with Crippen molar-refractivity contribution in [3.63, 3.8) is 0 Å². The molecule has 0 aliphatic carbocycles. The van der Waals surface area contributed by atoms with Crippen molar-refractivity contribution in [3.05, 3.63) is 86.3 Å². The van der Waals surface area contributed by atoms with Crippen LogP contribution in [0.25, 0.3) is 10.2 Å². The topological polar surface area (TPSA) is 113 Å². The first-order valence-electron chi connectivity index (χ1n) is 9.20. The predicted molar refractivity (Wildman–Crippen MR) is 115 cm³/mol. The third kappa shape index (κ3) is 3.92. The van der Waals surface area contributed by atoms with E-state index < -0.39 is 23.1 Å². The summed E-state index contributed by atoms with van der Waals surface area (Å²) in [5.41, 5.74) is -0.262. The summed E-state index contributed by atoms with van der Waals surface area (Å²) in [5, 5.41) is 4.32. The molecule has 3 aromatic heterocycles. The molecule has 0 saturated heterocycles. The second-order valence-corrected chi connectivity index (χ2v) is 7.48. The highest BCUT2D eigenvalue weighted by molar-refractivity contribution is 7.17. The van der Waals surface area contributed by atoms with Crippen molar-refractivity contribution < 1.29 is 18.7 Å². The van der Waals surface area contributed by atoms with Crippen molar-refractivity contribution in [2.75, 3.05) is 12.4 Å². The van der Waals surface area contributed by atoms with Crippen LogP contribution in [0.3, 0.4) is 0 Å². The standard InChI is InChI=1S/C21H17N3O6S/c1-29-20(27)14-6-2-3-7-15(14)22-17(25)12-23-16-8-10-31-18(16)19(26)24(21(23)28)11-13-5-4-9-30-13/h2-10H,11-12H2,1H3,(H,22,25). The van der Waals surface area contributed by atoms with Crippen LogP contribution in [-0.4, -0.2) is 28.1 Å². The van der Waals surface area contributed by atoms with Gasteiger partial charge in [-0.05, 0) is 35.7 Å². The summed E-state index contributed by atoms with van der Waals surface area (Å²) < 4.78 is 12.6. The van der Waals surface area contributed by atoms with Gasteiger partial charge in [0.1, 0.15) is 17.0 Å². The van der Waals surface area contributed by atoms with E-state index >= 15 is 0 Å². The van der Waals surface area contributed by atoms with Crippen molar-refractivity contribution in [1.82, 2.24) is 9.13 Å². The van der Waals surface area contributed by atoms with Gasteiger partial charge in [-0.3, -0.25) is 18.7 Å². The Morgan fingerprint density at radius 3 is 2.65 bits per heavy atom. The molecule has 4 aromatic rings. The summed E-state index contributed by atoms with van der Waals surface area (Å²) >= 11 is 1.19. The van der Waals surface area contributed by atoms with E-state index in [4.69, 9.17) is 9.15 Å². The second kappa shape index (κ2) is 8.44. The number of ether oxygens (including phenoxy) is 1. The van der Waals surface area contributed by atoms with Gasteiger partial charge in [0.15, 0.2) is 0 Å².